The fraction of sp³-hybridized carbons (Fsp3) is 0.533. The van der Waals surface area contributed by atoms with E-state index < -0.39 is 16.1 Å². The number of fused-ring (bicyclic) bond motifs is 1. The van der Waals surface area contributed by atoms with E-state index in [1.54, 1.807) is 24.3 Å². The van der Waals surface area contributed by atoms with E-state index >= 15 is 0 Å². The monoisotopic (exact) mass is 326 g/mol. The number of anilines is 1. The van der Waals surface area contributed by atoms with Gasteiger partial charge in [-0.3, -0.25) is 9.10 Å². The van der Waals surface area contributed by atoms with Gasteiger partial charge in [0, 0.05) is 18.5 Å². The molecular weight excluding hydrogens is 304 g/mol. The summed E-state index contributed by atoms with van der Waals surface area (Å²) in [5.41, 5.74) is 0.0963. The minimum atomic E-state index is -3.43. The summed E-state index contributed by atoms with van der Waals surface area (Å²) >= 11 is 0. The van der Waals surface area contributed by atoms with Gasteiger partial charge in [-0.1, -0.05) is 12.1 Å². The van der Waals surface area contributed by atoms with Crippen LogP contribution in [0.5, 0.6) is 5.75 Å². The van der Waals surface area contributed by atoms with E-state index in [0.717, 1.165) is 6.26 Å². The lowest BCUT2D eigenvalue weighted by atomic mass is 10.1. The van der Waals surface area contributed by atoms with Gasteiger partial charge in [-0.25, -0.2) is 8.42 Å². The first-order chi connectivity index (χ1) is 10.1. The standard InChI is InChI=1S/C15H22N2O4S/c1-15(2,3)16-14(18)13-9-10-17(22(4,19)20)11-7-5-6-8-12(11)21-13/h5-8,13H,9-10H2,1-4H3,(H,16,18)/t13-/m0/s1. The largest absolute Gasteiger partial charge is 0.478 e. The SMILES string of the molecule is CC(C)(C)NC(=O)[C@@H]1CCN(S(C)(=O)=O)c2ccccc2O1. The van der Waals surface area contributed by atoms with Gasteiger partial charge in [0.05, 0.1) is 11.9 Å². The zero-order valence-electron chi connectivity index (χ0n) is 13.3. The summed E-state index contributed by atoms with van der Waals surface area (Å²) in [5, 5.41) is 2.87. The molecule has 7 heteroatoms. The summed E-state index contributed by atoms with van der Waals surface area (Å²) < 4.78 is 31.0. The van der Waals surface area contributed by atoms with Gasteiger partial charge < -0.3 is 10.1 Å². The molecule has 0 spiro atoms. The molecule has 1 amide bonds. The van der Waals surface area contributed by atoms with Crippen molar-refractivity contribution in [3.63, 3.8) is 0 Å². The van der Waals surface area contributed by atoms with Crippen molar-refractivity contribution < 1.29 is 17.9 Å². The van der Waals surface area contributed by atoms with E-state index in [9.17, 15) is 13.2 Å². The lowest BCUT2D eigenvalue weighted by molar-refractivity contribution is -0.129. The number of carbonyl (C=O) groups is 1. The molecule has 1 aromatic carbocycles. The van der Waals surface area contributed by atoms with Gasteiger partial charge in [0.25, 0.3) is 5.91 Å². The molecule has 122 valence electrons. The fourth-order valence-corrected chi connectivity index (χ4v) is 3.25. The number of hydrogen-bond donors (Lipinski definition) is 1. The lowest BCUT2D eigenvalue weighted by Gasteiger charge is -2.24. The number of carbonyl (C=O) groups excluding carboxylic acids is 1. The quantitative estimate of drug-likeness (QED) is 0.894. The fourth-order valence-electron chi connectivity index (χ4n) is 2.31. The molecule has 0 bridgehead atoms. The second-order valence-electron chi connectivity index (χ2n) is 6.44. The Bertz CT molecular complexity index is 664. The van der Waals surface area contributed by atoms with E-state index in [1.807, 2.05) is 20.8 Å². The molecule has 2 rings (SSSR count). The Kier molecular flexibility index (Phi) is 4.37. The van der Waals surface area contributed by atoms with E-state index in [-0.39, 0.29) is 18.0 Å². The van der Waals surface area contributed by atoms with Crippen molar-refractivity contribution in [2.75, 3.05) is 17.1 Å². The Morgan fingerprint density at radius 3 is 2.55 bits per heavy atom. The molecule has 0 fully saturated rings. The lowest BCUT2D eigenvalue weighted by Crippen LogP contribution is -2.48. The van der Waals surface area contributed by atoms with E-state index in [4.69, 9.17) is 4.74 Å². The molecule has 6 nitrogen and oxygen atoms in total. The molecule has 0 aromatic heterocycles. The van der Waals surface area contributed by atoms with Crippen molar-refractivity contribution in [3.8, 4) is 5.75 Å². The van der Waals surface area contributed by atoms with E-state index in [0.29, 0.717) is 17.9 Å². The van der Waals surface area contributed by atoms with Crippen LogP contribution in [-0.2, 0) is 14.8 Å². The van der Waals surface area contributed by atoms with Crippen LogP contribution in [0.3, 0.4) is 0 Å². The highest BCUT2D eigenvalue weighted by atomic mass is 32.2. The van der Waals surface area contributed by atoms with Crippen LogP contribution in [0.2, 0.25) is 0 Å². The van der Waals surface area contributed by atoms with Crippen LogP contribution in [0.1, 0.15) is 27.2 Å². The van der Waals surface area contributed by atoms with Gasteiger partial charge in [0.1, 0.15) is 5.75 Å². The Labute approximate surface area is 131 Å². The highest BCUT2D eigenvalue weighted by Gasteiger charge is 2.32. The summed E-state index contributed by atoms with van der Waals surface area (Å²) in [6.07, 6.45) is 0.732. The van der Waals surface area contributed by atoms with Crippen molar-refractivity contribution in [2.45, 2.75) is 38.8 Å². The maximum Gasteiger partial charge on any atom is 0.261 e. The minimum absolute atomic E-state index is 0.206. The molecule has 0 unspecified atom stereocenters. The number of nitrogens with zero attached hydrogens (tertiary/aromatic N) is 1. The second-order valence-corrected chi connectivity index (χ2v) is 8.34. The van der Waals surface area contributed by atoms with Crippen LogP contribution < -0.4 is 14.4 Å². The van der Waals surface area contributed by atoms with Gasteiger partial charge in [-0.2, -0.15) is 0 Å². The maximum absolute atomic E-state index is 12.3. The number of sulfonamides is 1. The van der Waals surface area contributed by atoms with Crippen molar-refractivity contribution in [2.24, 2.45) is 0 Å². The van der Waals surface area contributed by atoms with Crippen molar-refractivity contribution in [1.82, 2.24) is 5.32 Å². The number of para-hydroxylation sites is 2. The van der Waals surface area contributed by atoms with E-state index in [1.165, 1.54) is 4.31 Å². The Morgan fingerprint density at radius 2 is 1.95 bits per heavy atom. The van der Waals surface area contributed by atoms with Crippen LogP contribution in [0, 0.1) is 0 Å². The Morgan fingerprint density at radius 1 is 1.32 bits per heavy atom. The molecule has 22 heavy (non-hydrogen) atoms. The predicted molar refractivity (Wildman–Crippen MR) is 85.6 cm³/mol. The molecule has 0 saturated heterocycles. The van der Waals surface area contributed by atoms with E-state index in [2.05, 4.69) is 5.32 Å². The van der Waals surface area contributed by atoms with Gasteiger partial charge in [0.15, 0.2) is 6.10 Å². The third-order valence-corrected chi connectivity index (χ3v) is 4.37. The number of amides is 1. The van der Waals surface area contributed by atoms with Gasteiger partial charge in [-0.05, 0) is 32.9 Å². The number of ether oxygens (including phenoxy) is 1. The average Bonchev–Trinajstić information content (AvgIpc) is 2.55. The molecule has 0 saturated carbocycles. The number of hydrogen-bond acceptors (Lipinski definition) is 4. The number of benzene rings is 1. The summed E-state index contributed by atoms with van der Waals surface area (Å²) in [4.78, 5) is 12.3. The van der Waals surface area contributed by atoms with Crippen molar-refractivity contribution in [3.05, 3.63) is 24.3 Å². The molecule has 0 aliphatic carbocycles. The molecule has 1 heterocycles. The minimum Gasteiger partial charge on any atom is -0.478 e. The highest BCUT2D eigenvalue weighted by Crippen LogP contribution is 2.33. The van der Waals surface area contributed by atoms with Crippen LogP contribution >= 0.6 is 0 Å². The average molecular weight is 326 g/mol. The second kappa shape index (κ2) is 5.79. The van der Waals surface area contributed by atoms with Crippen LogP contribution in [0.15, 0.2) is 24.3 Å². The van der Waals surface area contributed by atoms with Crippen LogP contribution in [-0.4, -0.2) is 38.8 Å². The first-order valence-electron chi connectivity index (χ1n) is 7.13. The third kappa shape index (κ3) is 3.91. The maximum atomic E-state index is 12.3. The van der Waals surface area contributed by atoms with Crippen LogP contribution in [0.25, 0.3) is 0 Å². The topological polar surface area (TPSA) is 75.7 Å². The summed E-state index contributed by atoms with van der Waals surface area (Å²) in [7, 11) is -3.43. The van der Waals surface area contributed by atoms with Crippen molar-refractivity contribution >= 4 is 21.6 Å². The normalized spacial score (nSPS) is 18.9. The predicted octanol–water partition coefficient (Wildman–Crippen LogP) is 1.52. The zero-order chi connectivity index (χ0) is 16.5. The van der Waals surface area contributed by atoms with Gasteiger partial charge >= 0.3 is 0 Å². The zero-order valence-corrected chi connectivity index (χ0v) is 14.1. The number of nitrogens with one attached hydrogen (secondary N) is 1. The highest BCUT2D eigenvalue weighted by molar-refractivity contribution is 7.92. The Balaban J connectivity index is 2.32. The summed E-state index contributed by atoms with van der Waals surface area (Å²) in [6.45, 7) is 5.87. The Hall–Kier alpha value is -1.76. The molecule has 1 atom stereocenters. The number of rotatable bonds is 2. The first kappa shape index (κ1) is 16.6. The van der Waals surface area contributed by atoms with Gasteiger partial charge in [0.2, 0.25) is 10.0 Å². The third-order valence-electron chi connectivity index (χ3n) is 3.19. The molecule has 0 radical (unpaired) electrons. The van der Waals surface area contributed by atoms with Gasteiger partial charge in [-0.15, -0.1) is 0 Å². The molecule has 1 N–H and O–H groups in total. The molecule has 1 aliphatic rings. The first-order valence-corrected chi connectivity index (χ1v) is 8.98. The summed E-state index contributed by atoms with van der Waals surface area (Å²) in [5.74, 6) is 0.164. The van der Waals surface area contributed by atoms with Crippen molar-refractivity contribution in [1.29, 1.82) is 0 Å². The molecule has 1 aromatic rings. The van der Waals surface area contributed by atoms with Crippen LogP contribution in [0.4, 0.5) is 5.69 Å². The molecule has 1 aliphatic heterocycles. The smallest absolute Gasteiger partial charge is 0.261 e. The molecular formula is C15H22N2O4S. The summed E-state index contributed by atoms with van der Waals surface area (Å²) in [6, 6.07) is 6.86.